The third-order valence-electron chi connectivity index (χ3n) is 6.75. The van der Waals surface area contributed by atoms with Gasteiger partial charge in [0.1, 0.15) is 5.92 Å². The molecule has 170 valence electrons. The number of carbonyl (C=O) groups excluding carboxylic acids is 1. The second-order valence-corrected chi connectivity index (χ2v) is 8.94. The molecule has 0 aromatic heterocycles. The predicted octanol–water partition coefficient (Wildman–Crippen LogP) is 6.39. The Morgan fingerprint density at radius 2 is 1.23 bits per heavy atom. The molecule has 3 nitrogen and oxygen atoms in total. The summed E-state index contributed by atoms with van der Waals surface area (Å²) in [6.07, 6.45) is 2.72. The van der Waals surface area contributed by atoms with Crippen LogP contribution in [0.1, 0.15) is 22.3 Å². The monoisotopic (exact) mass is 454 g/mol. The fraction of sp³-hybridized carbons (Fsp3) is 0.125. The van der Waals surface area contributed by atoms with E-state index in [1.165, 1.54) is 0 Å². The molecule has 0 radical (unpaired) electrons. The Labute approximate surface area is 206 Å². The molecule has 1 heterocycles. The van der Waals surface area contributed by atoms with Gasteiger partial charge in [-0.1, -0.05) is 121 Å². The van der Waals surface area contributed by atoms with Crippen LogP contribution in [-0.4, -0.2) is 10.8 Å². The molecule has 0 spiro atoms. The van der Waals surface area contributed by atoms with Gasteiger partial charge < -0.3 is 4.90 Å². The largest absolute Gasteiger partial charge is 0.307 e. The molecule has 0 N–H and O–H groups in total. The van der Waals surface area contributed by atoms with Crippen molar-refractivity contribution in [1.82, 2.24) is 4.90 Å². The van der Waals surface area contributed by atoms with Gasteiger partial charge in [0.25, 0.3) is 0 Å². The minimum atomic E-state index is -0.860. The van der Waals surface area contributed by atoms with E-state index in [-0.39, 0.29) is 5.91 Å². The highest BCUT2D eigenvalue weighted by Crippen LogP contribution is 2.45. The summed E-state index contributed by atoms with van der Waals surface area (Å²) in [6.45, 7) is 0.411. The quantitative estimate of drug-likeness (QED) is 0.339. The Balaban J connectivity index is 1.74. The van der Waals surface area contributed by atoms with Crippen molar-refractivity contribution in [2.45, 2.75) is 18.4 Å². The molecule has 4 aromatic rings. The van der Waals surface area contributed by atoms with Crippen LogP contribution in [0.3, 0.4) is 0 Å². The van der Waals surface area contributed by atoms with Gasteiger partial charge in [0.2, 0.25) is 5.91 Å². The zero-order valence-corrected chi connectivity index (χ0v) is 19.4. The molecule has 1 aliphatic rings. The average Bonchev–Trinajstić information content (AvgIpc) is 2.92. The van der Waals surface area contributed by atoms with E-state index in [0.29, 0.717) is 13.0 Å². The number of hydrogen-bond acceptors (Lipinski definition) is 2. The van der Waals surface area contributed by atoms with E-state index in [9.17, 15) is 10.1 Å². The van der Waals surface area contributed by atoms with E-state index < -0.39 is 11.3 Å². The van der Waals surface area contributed by atoms with E-state index >= 15 is 0 Å². The molecule has 2 atom stereocenters. The first-order valence-corrected chi connectivity index (χ1v) is 11.8. The van der Waals surface area contributed by atoms with Gasteiger partial charge in [-0.3, -0.25) is 4.79 Å². The molecule has 4 aromatic carbocycles. The van der Waals surface area contributed by atoms with Gasteiger partial charge in [-0.05, 0) is 34.8 Å². The summed E-state index contributed by atoms with van der Waals surface area (Å²) in [4.78, 5) is 16.0. The second kappa shape index (κ2) is 9.83. The minimum absolute atomic E-state index is 0.169. The number of benzene rings is 4. The first-order chi connectivity index (χ1) is 17.2. The Hall–Kier alpha value is -4.42. The summed E-state index contributed by atoms with van der Waals surface area (Å²) in [5, 5.41) is 10.5. The third-order valence-corrected chi connectivity index (χ3v) is 6.75. The van der Waals surface area contributed by atoms with Crippen LogP contribution >= 0.6 is 0 Å². The van der Waals surface area contributed by atoms with Gasteiger partial charge in [0.05, 0.1) is 12.6 Å². The van der Waals surface area contributed by atoms with Crippen molar-refractivity contribution in [2.24, 2.45) is 5.92 Å². The van der Waals surface area contributed by atoms with Crippen molar-refractivity contribution in [3.05, 3.63) is 150 Å². The van der Waals surface area contributed by atoms with E-state index in [0.717, 1.165) is 28.0 Å². The lowest BCUT2D eigenvalue weighted by Gasteiger charge is -2.43. The predicted molar refractivity (Wildman–Crippen MR) is 139 cm³/mol. The molecule has 1 aliphatic heterocycles. The molecule has 0 saturated carbocycles. The van der Waals surface area contributed by atoms with Gasteiger partial charge in [-0.15, -0.1) is 0 Å². The number of rotatable bonds is 6. The Bertz CT molecular complexity index is 1360. The summed E-state index contributed by atoms with van der Waals surface area (Å²) < 4.78 is 0. The number of nitrogens with zero attached hydrogens (tertiary/aromatic N) is 2. The molecule has 0 aliphatic carbocycles. The topological polar surface area (TPSA) is 44.1 Å². The summed E-state index contributed by atoms with van der Waals surface area (Å²) in [5.74, 6) is -1.03. The zero-order valence-electron chi connectivity index (χ0n) is 19.4. The SMILES string of the molecule is N#CC1C(=O)N(Cc2ccccc2)C(c2ccccc2)=CC1(Cc1ccccc1)c1ccccc1. The lowest BCUT2D eigenvalue weighted by atomic mass is 9.64. The zero-order chi connectivity index (χ0) is 24.1. The molecule has 0 bridgehead atoms. The van der Waals surface area contributed by atoms with Crippen LogP contribution in [0.15, 0.2) is 127 Å². The fourth-order valence-corrected chi connectivity index (χ4v) is 5.03. The van der Waals surface area contributed by atoms with E-state index in [1.807, 2.05) is 109 Å². The van der Waals surface area contributed by atoms with E-state index in [2.05, 4.69) is 24.3 Å². The number of allylic oxidation sites excluding steroid dienone is 1. The van der Waals surface area contributed by atoms with Gasteiger partial charge in [0.15, 0.2) is 0 Å². The van der Waals surface area contributed by atoms with Crippen LogP contribution in [0, 0.1) is 17.2 Å². The average molecular weight is 455 g/mol. The smallest absolute Gasteiger partial charge is 0.245 e. The van der Waals surface area contributed by atoms with Crippen LogP contribution in [0.25, 0.3) is 5.70 Å². The van der Waals surface area contributed by atoms with Gasteiger partial charge in [-0.25, -0.2) is 0 Å². The molecular weight excluding hydrogens is 428 g/mol. The minimum Gasteiger partial charge on any atom is -0.307 e. The van der Waals surface area contributed by atoms with Crippen molar-refractivity contribution < 1.29 is 4.79 Å². The number of hydrogen-bond donors (Lipinski definition) is 0. The summed E-state index contributed by atoms with van der Waals surface area (Å²) in [7, 11) is 0. The first kappa shape index (κ1) is 22.4. The number of amides is 1. The molecule has 5 rings (SSSR count). The molecular formula is C32H26N2O. The third kappa shape index (κ3) is 4.39. The molecule has 3 heteroatoms. The Morgan fingerprint density at radius 3 is 1.80 bits per heavy atom. The van der Waals surface area contributed by atoms with Crippen molar-refractivity contribution in [2.75, 3.05) is 0 Å². The van der Waals surface area contributed by atoms with E-state index in [1.54, 1.807) is 4.90 Å². The van der Waals surface area contributed by atoms with Crippen molar-refractivity contribution in [3.8, 4) is 6.07 Å². The van der Waals surface area contributed by atoms with Crippen molar-refractivity contribution >= 4 is 11.6 Å². The first-order valence-electron chi connectivity index (χ1n) is 11.8. The molecule has 2 unspecified atom stereocenters. The maximum absolute atomic E-state index is 14.2. The highest BCUT2D eigenvalue weighted by Gasteiger charge is 2.49. The van der Waals surface area contributed by atoms with Crippen LogP contribution in [0.5, 0.6) is 0 Å². The van der Waals surface area contributed by atoms with Crippen molar-refractivity contribution in [1.29, 1.82) is 5.26 Å². The van der Waals surface area contributed by atoms with Crippen molar-refractivity contribution in [3.63, 3.8) is 0 Å². The maximum atomic E-state index is 14.2. The van der Waals surface area contributed by atoms with Crippen LogP contribution in [0.4, 0.5) is 0 Å². The standard InChI is InChI=1S/C32H26N2O/c33-23-29-31(35)34(24-26-15-7-2-8-16-26)30(27-17-9-3-10-18-27)22-32(29,28-19-11-4-12-20-28)21-25-13-5-1-6-14-25/h1-20,22,29H,21,24H2. The van der Waals surface area contributed by atoms with Gasteiger partial charge in [0, 0.05) is 11.1 Å². The fourth-order valence-electron chi connectivity index (χ4n) is 5.03. The van der Waals surface area contributed by atoms with Gasteiger partial charge >= 0.3 is 0 Å². The molecule has 35 heavy (non-hydrogen) atoms. The molecule has 0 fully saturated rings. The molecule has 0 saturated heterocycles. The second-order valence-electron chi connectivity index (χ2n) is 8.94. The maximum Gasteiger partial charge on any atom is 0.245 e. The number of nitriles is 1. The summed E-state index contributed by atoms with van der Waals surface area (Å²) in [6, 6.07) is 42.5. The highest BCUT2D eigenvalue weighted by molar-refractivity contribution is 5.95. The summed E-state index contributed by atoms with van der Waals surface area (Å²) >= 11 is 0. The lowest BCUT2D eigenvalue weighted by Crippen LogP contribution is -2.50. The normalized spacial score (nSPS) is 19.6. The highest BCUT2D eigenvalue weighted by atomic mass is 16.2. The van der Waals surface area contributed by atoms with Crippen LogP contribution in [0.2, 0.25) is 0 Å². The van der Waals surface area contributed by atoms with Crippen LogP contribution in [-0.2, 0) is 23.2 Å². The van der Waals surface area contributed by atoms with Crippen LogP contribution < -0.4 is 0 Å². The number of carbonyl (C=O) groups is 1. The summed E-state index contributed by atoms with van der Waals surface area (Å²) in [5.41, 5.74) is 4.08. The Kier molecular flexibility index (Phi) is 6.28. The lowest BCUT2D eigenvalue weighted by molar-refractivity contribution is -0.133. The van der Waals surface area contributed by atoms with E-state index in [4.69, 9.17) is 0 Å². The van der Waals surface area contributed by atoms with Gasteiger partial charge in [-0.2, -0.15) is 5.26 Å². The molecule has 1 amide bonds. The Morgan fingerprint density at radius 1 is 0.714 bits per heavy atom.